The van der Waals surface area contributed by atoms with Gasteiger partial charge in [-0.1, -0.05) is 84.2 Å². The van der Waals surface area contributed by atoms with E-state index in [9.17, 15) is 29.1 Å². The van der Waals surface area contributed by atoms with E-state index in [1.807, 2.05) is 77.0 Å². The van der Waals surface area contributed by atoms with Crippen molar-refractivity contribution in [2.45, 2.75) is 123 Å². The Labute approximate surface area is 313 Å². The fourth-order valence-electron chi connectivity index (χ4n) is 7.09. The molecule has 288 valence electrons. The summed E-state index contributed by atoms with van der Waals surface area (Å²) in [5.74, 6) is -3.12. The van der Waals surface area contributed by atoms with Crippen LogP contribution in [-0.4, -0.2) is 94.4 Å². The molecular formula is C39H59N5O7S. The van der Waals surface area contributed by atoms with Crippen LogP contribution in [-0.2, 0) is 30.3 Å². The molecule has 0 aliphatic heterocycles. The van der Waals surface area contributed by atoms with Gasteiger partial charge in [0.15, 0.2) is 6.10 Å². The number of aliphatic carboxylic acids is 1. The lowest BCUT2D eigenvalue weighted by molar-refractivity contribution is -0.149. The van der Waals surface area contributed by atoms with Gasteiger partial charge in [0.25, 0.3) is 5.91 Å². The summed E-state index contributed by atoms with van der Waals surface area (Å²) < 4.78 is 5.78. The summed E-state index contributed by atoms with van der Waals surface area (Å²) in [7, 11) is 5.55. The van der Waals surface area contributed by atoms with Gasteiger partial charge in [-0.05, 0) is 57.2 Å². The van der Waals surface area contributed by atoms with E-state index in [1.54, 1.807) is 24.3 Å². The van der Waals surface area contributed by atoms with E-state index >= 15 is 0 Å². The molecule has 0 unspecified atom stereocenters. The SMILES string of the molecule is CC[C@H](C)[C@H](NC(=O)C1(N(C)C)CCCC1)C(=O)N(C)[C@H](C[C@@H](OC(C)=O)c1nc(C(=O)N[C@@H](Cc2ccccc2)C[C@H](C)C(=O)O)cs1)C(C)C. The second kappa shape index (κ2) is 19.3. The van der Waals surface area contributed by atoms with E-state index in [1.165, 1.54) is 18.3 Å². The predicted octanol–water partition coefficient (Wildman–Crippen LogP) is 5.48. The molecule has 13 heteroatoms. The maximum atomic E-state index is 14.3. The second-order valence-electron chi connectivity index (χ2n) is 15.0. The monoisotopic (exact) mass is 741 g/mol. The van der Waals surface area contributed by atoms with Crippen LogP contribution in [0.1, 0.15) is 114 Å². The Morgan fingerprint density at radius 1 is 0.981 bits per heavy atom. The highest BCUT2D eigenvalue weighted by Gasteiger charge is 2.45. The summed E-state index contributed by atoms with van der Waals surface area (Å²) >= 11 is 1.18. The number of benzene rings is 1. The molecule has 6 atom stereocenters. The standard InChI is InChI=1S/C39H59N5O7S/c1-10-25(4)33(42-38(50)39(43(7)8)18-14-15-19-39)36(47)44(9)31(24(2)3)22-32(51-27(6)45)35-41-30(23-52-35)34(46)40-29(20-26(5)37(48)49)21-28-16-12-11-13-17-28/h11-13,16-17,23-26,29,31-33H,10,14-15,18-22H2,1-9H3,(H,40,46)(H,42,50)(H,48,49)/t25-,26-,29+,31+,32+,33-/m0/s1. The Morgan fingerprint density at radius 3 is 2.15 bits per heavy atom. The zero-order valence-corrected chi connectivity index (χ0v) is 33.1. The molecule has 1 fully saturated rings. The molecule has 1 aromatic carbocycles. The molecule has 0 radical (unpaired) electrons. The number of esters is 1. The minimum absolute atomic E-state index is 0.0547. The lowest BCUT2D eigenvalue weighted by atomic mass is 9.90. The first-order valence-electron chi connectivity index (χ1n) is 18.5. The summed E-state index contributed by atoms with van der Waals surface area (Å²) in [6.07, 6.45) is 4.14. The normalized spacial score (nSPS) is 17.4. The zero-order valence-electron chi connectivity index (χ0n) is 32.3. The van der Waals surface area contributed by atoms with Gasteiger partial charge in [-0.2, -0.15) is 0 Å². The van der Waals surface area contributed by atoms with Crippen LogP contribution in [0.5, 0.6) is 0 Å². The number of hydrogen-bond donors (Lipinski definition) is 3. The smallest absolute Gasteiger partial charge is 0.306 e. The first kappa shape index (κ1) is 42.6. The van der Waals surface area contributed by atoms with Crippen molar-refractivity contribution in [3.05, 3.63) is 52.0 Å². The summed E-state index contributed by atoms with van der Waals surface area (Å²) in [5.41, 5.74) is 0.446. The molecule has 3 N–H and O–H groups in total. The van der Waals surface area contributed by atoms with Crippen LogP contribution >= 0.6 is 11.3 Å². The number of hydrogen-bond acceptors (Lipinski definition) is 9. The molecule has 1 saturated carbocycles. The fraction of sp³-hybridized carbons (Fsp3) is 0.641. The van der Waals surface area contributed by atoms with Crippen molar-refractivity contribution in [2.24, 2.45) is 17.8 Å². The van der Waals surface area contributed by atoms with Crippen LogP contribution in [0.3, 0.4) is 0 Å². The van der Waals surface area contributed by atoms with Crippen LogP contribution in [0.15, 0.2) is 35.7 Å². The largest absolute Gasteiger partial charge is 0.481 e. The number of nitrogens with one attached hydrogen (secondary N) is 2. The first-order chi connectivity index (χ1) is 24.5. The lowest BCUT2D eigenvalue weighted by Gasteiger charge is -2.39. The molecule has 0 bridgehead atoms. The average molecular weight is 742 g/mol. The summed E-state index contributed by atoms with van der Waals surface area (Å²) in [6.45, 7) is 10.9. The summed E-state index contributed by atoms with van der Waals surface area (Å²) in [5, 5.41) is 17.7. The molecule has 1 heterocycles. The molecule has 1 aromatic heterocycles. The maximum Gasteiger partial charge on any atom is 0.306 e. The number of likely N-dealkylation sites (N-methyl/N-ethyl adjacent to an activating group) is 2. The number of aromatic nitrogens is 1. The second-order valence-corrected chi connectivity index (χ2v) is 15.9. The molecule has 12 nitrogen and oxygen atoms in total. The van der Waals surface area contributed by atoms with Gasteiger partial charge in [0.05, 0.1) is 11.5 Å². The quantitative estimate of drug-likeness (QED) is 0.159. The van der Waals surface area contributed by atoms with Crippen molar-refractivity contribution in [1.29, 1.82) is 0 Å². The average Bonchev–Trinajstić information content (AvgIpc) is 3.80. The van der Waals surface area contributed by atoms with Crippen LogP contribution in [0.2, 0.25) is 0 Å². The van der Waals surface area contributed by atoms with Crippen LogP contribution in [0.4, 0.5) is 0 Å². The molecule has 1 aliphatic carbocycles. The number of carboxylic acids is 1. The Kier molecular flexibility index (Phi) is 15.8. The lowest BCUT2D eigenvalue weighted by Crippen LogP contribution is -2.61. The number of ether oxygens (including phenoxy) is 1. The van der Waals surface area contributed by atoms with Crippen molar-refractivity contribution in [1.82, 2.24) is 25.4 Å². The molecule has 52 heavy (non-hydrogen) atoms. The molecular weight excluding hydrogens is 683 g/mol. The van der Waals surface area contributed by atoms with Gasteiger partial charge in [0.1, 0.15) is 16.7 Å². The number of thiazole rings is 1. The van der Waals surface area contributed by atoms with Crippen LogP contribution < -0.4 is 10.6 Å². The molecule has 0 spiro atoms. The number of carbonyl (C=O) groups is 5. The van der Waals surface area contributed by atoms with Gasteiger partial charge >= 0.3 is 11.9 Å². The Hall–Kier alpha value is -3.84. The number of amides is 3. The highest BCUT2D eigenvalue weighted by Crippen LogP contribution is 2.35. The van der Waals surface area contributed by atoms with Crippen molar-refractivity contribution in [3.63, 3.8) is 0 Å². The number of rotatable bonds is 19. The molecule has 2 aromatic rings. The van der Waals surface area contributed by atoms with E-state index in [4.69, 9.17) is 4.74 Å². The fourth-order valence-corrected chi connectivity index (χ4v) is 7.93. The number of nitrogens with zero attached hydrogens (tertiary/aromatic N) is 3. The highest BCUT2D eigenvalue weighted by molar-refractivity contribution is 7.09. The predicted molar refractivity (Wildman–Crippen MR) is 202 cm³/mol. The Balaban J connectivity index is 1.83. The van der Waals surface area contributed by atoms with Gasteiger partial charge in [-0.3, -0.25) is 28.9 Å². The van der Waals surface area contributed by atoms with E-state index in [0.717, 1.165) is 31.2 Å². The van der Waals surface area contributed by atoms with Crippen molar-refractivity contribution < 1.29 is 33.8 Å². The molecule has 0 saturated heterocycles. The van der Waals surface area contributed by atoms with E-state index in [2.05, 4.69) is 15.6 Å². The minimum atomic E-state index is -0.945. The molecule has 3 amide bonds. The third-order valence-corrected chi connectivity index (χ3v) is 11.5. The van der Waals surface area contributed by atoms with Gasteiger partial charge in [0.2, 0.25) is 11.8 Å². The maximum absolute atomic E-state index is 14.3. The van der Waals surface area contributed by atoms with E-state index < -0.39 is 53.5 Å². The van der Waals surface area contributed by atoms with Crippen molar-refractivity contribution in [2.75, 3.05) is 21.1 Å². The molecule has 1 aliphatic rings. The Bertz CT molecular complexity index is 1510. The van der Waals surface area contributed by atoms with Crippen molar-refractivity contribution >= 4 is 41.0 Å². The summed E-state index contributed by atoms with van der Waals surface area (Å²) in [4.78, 5) is 73.8. The van der Waals surface area contributed by atoms with E-state index in [0.29, 0.717) is 17.8 Å². The van der Waals surface area contributed by atoms with E-state index in [-0.39, 0.29) is 42.2 Å². The zero-order chi connectivity index (χ0) is 38.7. The van der Waals surface area contributed by atoms with Gasteiger partial charge < -0.3 is 25.4 Å². The number of carboxylic acid groups (broad SMARTS) is 1. The third kappa shape index (κ3) is 11.1. The Morgan fingerprint density at radius 2 is 1.62 bits per heavy atom. The summed E-state index contributed by atoms with van der Waals surface area (Å²) in [6, 6.07) is 7.94. The van der Waals surface area contributed by atoms with Gasteiger partial charge in [0, 0.05) is 37.9 Å². The van der Waals surface area contributed by atoms with Gasteiger partial charge in [-0.15, -0.1) is 11.3 Å². The minimum Gasteiger partial charge on any atom is -0.481 e. The third-order valence-electron chi connectivity index (χ3n) is 10.6. The van der Waals surface area contributed by atoms with Crippen LogP contribution in [0, 0.1) is 17.8 Å². The molecule has 3 rings (SSSR count). The first-order valence-corrected chi connectivity index (χ1v) is 19.3. The van der Waals surface area contributed by atoms with Crippen LogP contribution in [0.25, 0.3) is 0 Å². The highest BCUT2D eigenvalue weighted by atomic mass is 32.1. The topological polar surface area (TPSA) is 158 Å². The van der Waals surface area contributed by atoms with Gasteiger partial charge in [-0.25, -0.2) is 4.98 Å². The number of carbonyl (C=O) groups excluding carboxylic acids is 4. The van der Waals surface area contributed by atoms with Crippen molar-refractivity contribution in [3.8, 4) is 0 Å².